The Morgan fingerprint density at radius 1 is 0.750 bits per heavy atom. The number of ether oxygens (including phenoxy) is 2. The Labute approximate surface area is 192 Å². The molecule has 1 atom stereocenters. The molecule has 3 aromatic carbocycles. The Bertz CT molecular complexity index is 1010. The van der Waals surface area contributed by atoms with Crippen LogP contribution in [0.25, 0.3) is 0 Å². The van der Waals surface area contributed by atoms with Crippen molar-refractivity contribution in [3.8, 4) is 30.4 Å². The zero-order valence-corrected chi connectivity index (χ0v) is 18.6. The van der Waals surface area contributed by atoms with Crippen LogP contribution in [0.4, 0.5) is 0 Å². The number of hydrogen-bond donors (Lipinski definition) is 0. The molecule has 0 aliphatic rings. The van der Waals surface area contributed by atoms with Crippen LogP contribution in [0.2, 0.25) is 0 Å². The third kappa shape index (κ3) is 6.50. The fourth-order valence-corrected chi connectivity index (χ4v) is 3.72. The smallest absolute Gasteiger partial charge is 0.141 e. The minimum absolute atomic E-state index is 0.00832. The Hall–Kier alpha value is -3.50. The SMILES string of the molecule is C#CC[N+](C)(CC#C)C(COCc1ccccc1)c1ccc(OCc2ccccc2)cc1. The number of hydrogen-bond acceptors (Lipinski definition) is 2. The summed E-state index contributed by atoms with van der Waals surface area (Å²) in [5.74, 6) is 6.42. The van der Waals surface area contributed by atoms with Crippen molar-refractivity contribution in [3.63, 3.8) is 0 Å². The van der Waals surface area contributed by atoms with Crippen molar-refractivity contribution in [1.29, 1.82) is 0 Å². The van der Waals surface area contributed by atoms with Crippen LogP contribution in [0.5, 0.6) is 5.75 Å². The lowest BCUT2D eigenvalue weighted by atomic mass is 10.0. The van der Waals surface area contributed by atoms with Crippen molar-refractivity contribution in [3.05, 3.63) is 102 Å². The van der Waals surface area contributed by atoms with Crippen molar-refractivity contribution < 1.29 is 14.0 Å². The minimum Gasteiger partial charge on any atom is -0.489 e. The molecule has 32 heavy (non-hydrogen) atoms. The van der Waals surface area contributed by atoms with Crippen LogP contribution in [0, 0.1) is 24.7 Å². The first-order valence-corrected chi connectivity index (χ1v) is 10.7. The lowest BCUT2D eigenvalue weighted by Crippen LogP contribution is -2.49. The Morgan fingerprint density at radius 3 is 1.81 bits per heavy atom. The molecule has 162 valence electrons. The molecule has 0 amide bonds. The molecule has 0 bridgehead atoms. The summed E-state index contributed by atoms with van der Waals surface area (Å²) in [5.41, 5.74) is 3.40. The highest BCUT2D eigenvalue weighted by molar-refractivity contribution is 5.29. The molecule has 0 N–H and O–H groups in total. The van der Waals surface area contributed by atoms with Gasteiger partial charge in [-0.25, -0.2) is 0 Å². The molecule has 3 rings (SSSR count). The van der Waals surface area contributed by atoms with Gasteiger partial charge in [0, 0.05) is 5.56 Å². The van der Waals surface area contributed by atoms with Gasteiger partial charge < -0.3 is 9.47 Å². The zero-order chi connectivity index (χ0) is 22.7. The lowest BCUT2D eigenvalue weighted by Gasteiger charge is -2.39. The molecule has 3 heteroatoms. The summed E-state index contributed by atoms with van der Waals surface area (Å²) in [7, 11) is 2.09. The fourth-order valence-electron chi connectivity index (χ4n) is 3.72. The average Bonchev–Trinajstić information content (AvgIpc) is 2.82. The number of terminal acetylenes is 2. The van der Waals surface area contributed by atoms with Crippen LogP contribution in [0.3, 0.4) is 0 Å². The average molecular weight is 425 g/mol. The third-order valence-electron chi connectivity index (χ3n) is 5.56. The number of quaternary nitrogens is 1. The second-order valence-electron chi connectivity index (χ2n) is 8.06. The Balaban J connectivity index is 1.74. The molecule has 0 heterocycles. The maximum absolute atomic E-state index is 6.13. The minimum atomic E-state index is 0.00832. The Kier molecular flexibility index (Phi) is 8.52. The van der Waals surface area contributed by atoms with Crippen molar-refractivity contribution in [2.75, 3.05) is 26.7 Å². The van der Waals surface area contributed by atoms with Crippen LogP contribution in [0.1, 0.15) is 22.7 Å². The van der Waals surface area contributed by atoms with Gasteiger partial charge in [-0.2, -0.15) is 0 Å². The summed E-state index contributed by atoms with van der Waals surface area (Å²) in [6.45, 7) is 2.64. The van der Waals surface area contributed by atoms with Gasteiger partial charge in [-0.1, -0.05) is 60.7 Å². The zero-order valence-electron chi connectivity index (χ0n) is 18.6. The van der Waals surface area contributed by atoms with E-state index >= 15 is 0 Å². The molecular weight excluding hydrogens is 394 g/mol. The largest absolute Gasteiger partial charge is 0.489 e. The summed E-state index contributed by atoms with van der Waals surface area (Å²) < 4.78 is 12.6. The van der Waals surface area contributed by atoms with Gasteiger partial charge in [0.05, 0.1) is 13.7 Å². The van der Waals surface area contributed by atoms with E-state index in [9.17, 15) is 0 Å². The molecule has 0 saturated heterocycles. The molecule has 0 fully saturated rings. The van der Waals surface area contributed by atoms with Gasteiger partial charge in [0.25, 0.3) is 0 Å². The molecule has 0 aliphatic heterocycles. The molecule has 0 radical (unpaired) electrons. The number of likely N-dealkylation sites (N-methyl/N-ethyl adjacent to an activating group) is 1. The number of rotatable bonds is 11. The highest BCUT2D eigenvalue weighted by atomic mass is 16.5. The lowest BCUT2D eigenvalue weighted by molar-refractivity contribution is -0.927. The van der Waals surface area contributed by atoms with E-state index in [4.69, 9.17) is 22.3 Å². The van der Waals surface area contributed by atoms with Gasteiger partial charge >= 0.3 is 0 Å². The molecule has 0 aromatic heterocycles. The quantitative estimate of drug-likeness (QED) is 0.310. The molecule has 3 aromatic rings. The third-order valence-corrected chi connectivity index (χ3v) is 5.56. The van der Waals surface area contributed by atoms with Gasteiger partial charge in [-0.05, 0) is 47.2 Å². The molecule has 0 saturated carbocycles. The summed E-state index contributed by atoms with van der Waals surface area (Å²) >= 11 is 0. The van der Waals surface area contributed by atoms with E-state index in [0.717, 1.165) is 22.4 Å². The van der Waals surface area contributed by atoms with Crippen LogP contribution >= 0.6 is 0 Å². The molecule has 1 unspecified atom stereocenters. The molecule has 3 nitrogen and oxygen atoms in total. The first-order valence-electron chi connectivity index (χ1n) is 10.7. The van der Waals surface area contributed by atoms with E-state index in [2.05, 4.69) is 55.3 Å². The van der Waals surface area contributed by atoms with E-state index in [1.54, 1.807) is 0 Å². The summed E-state index contributed by atoms with van der Waals surface area (Å²) in [5, 5.41) is 0. The molecular formula is C29H30NO2+. The molecule has 0 aliphatic carbocycles. The van der Waals surface area contributed by atoms with Crippen molar-refractivity contribution in [2.24, 2.45) is 0 Å². The van der Waals surface area contributed by atoms with Gasteiger partial charge in [-0.15, -0.1) is 12.8 Å². The summed E-state index contributed by atoms with van der Waals surface area (Å²) in [4.78, 5) is 0. The van der Waals surface area contributed by atoms with E-state index < -0.39 is 0 Å². The van der Waals surface area contributed by atoms with Crippen LogP contribution in [-0.4, -0.2) is 31.2 Å². The van der Waals surface area contributed by atoms with Gasteiger partial charge in [-0.3, -0.25) is 4.48 Å². The normalized spacial score (nSPS) is 11.8. The first kappa shape index (κ1) is 23.2. The highest BCUT2D eigenvalue weighted by Crippen LogP contribution is 2.29. The first-order chi connectivity index (χ1) is 15.6. The van der Waals surface area contributed by atoms with Crippen molar-refractivity contribution in [2.45, 2.75) is 19.3 Å². The number of nitrogens with zero attached hydrogens (tertiary/aromatic N) is 1. The van der Waals surface area contributed by atoms with Crippen molar-refractivity contribution >= 4 is 0 Å². The van der Waals surface area contributed by atoms with Crippen LogP contribution in [0.15, 0.2) is 84.9 Å². The van der Waals surface area contributed by atoms with Crippen molar-refractivity contribution in [1.82, 2.24) is 0 Å². The monoisotopic (exact) mass is 424 g/mol. The van der Waals surface area contributed by atoms with E-state index in [1.165, 1.54) is 0 Å². The fraction of sp³-hybridized carbons (Fsp3) is 0.241. The van der Waals surface area contributed by atoms with Gasteiger partial charge in [0.15, 0.2) is 0 Å². The number of benzene rings is 3. The second kappa shape index (κ2) is 11.8. The topological polar surface area (TPSA) is 18.5 Å². The standard InChI is InChI=1S/C29H30NO2/c1-4-20-30(3,21-5-2)29(24-31-22-25-12-8-6-9-13-25)27-16-18-28(19-17-27)32-23-26-14-10-7-11-15-26/h1-2,6-19,29H,20-24H2,3H3/q+1. The van der Waals surface area contributed by atoms with Crippen LogP contribution < -0.4 is 4.74 Å². The van der Waals surface area contributed by atoms with Gasteiger partial charge in [0.2, 0.25) is 0 Å². The van der Waals surface area contributed by atoms with E-state index in [-0.39, 0.29) is 6.04 Å². The van der Waals surface area contributed by atoms with Crippen LogP contribution in [-0.2, 0) is 18.0 Å². The van der Waals surface area contributed by atoms with Gasteiger partial charge in [0.1, 0.15) is 38.1 Å². The van der Waals surface area contributed by atoms with E-state index in [1.807, 2.05) is 48.5 Å². The maximum atomic E-state index is 6.13. The summed E-state index contributed by atoms with van der Waals surface area (Å²) in [6, 6.07) is 28.5. The molecule has 0 spiro atoms. The predicted octanol–water partition coefficient (Wildman–Crippen LogP) is 5.24. The highest BCUT2D eigenvalue weighted by Gasteiger charge is 2.33. The summed E-state index contributed by atoms with van der Waals surface area (Å²) in [6.07, 6.45) is 11.4. The second-order valence-corrected chi connectivity index (χ2v) is 8.06. The predicted molar refractivity (Wildman–Crippen MR) is 130 cm³/mol. The Morgan fingerprint density at radius 2 is 1.28 bits per heavy atom. The van der Waals surface area contributed by atoms with E-state index in [0.29, 0.717) is 37.4 Å². The maximum Gasteiger partial charge on any atom is 0.141 e.